The molecule has 0 saturated carbocycles. The van der Waals surface area contributed by atoms with Gasteiger partial charge in [-0.25, -0.2) is 0 Å². The van der Waals surface area contributed by atoms with E-state index in [1.165, 1.54) is 6.08 Å². The van der Waals surface area contributed by atoms with Gasteiger partial charge in [0.25, 0.3) is 0 Å². The van der Waals surface area contributed by atoms with Gasteiger partial charge in [0.15, 0.2) is 0 Å². The third-order valence-corrected chi connectivity index (χ3v) is 1.46. The quantitative estimate of drug-likeness (QED) is 0.225. The zero-order valence-corrected chi connectivity index (χ0v) is 7.53. The lowest BCUT2D eigenvalue weighted by Gasteiger charge is -1.94. The Labute approximate surface area is 76.7 Å². The van der Waals surface area contributed by atoms with Crippen LogP contribution in [0.2, 0.25) is 0 Å². The minimum absolute atomic E-state index is 0.0891. The van der Waals surface area contributed by atoms with Crippen molar-refractivity contribution in [2.24, 2.45) is 5.73 Å². The second-order valence-corrected chi connectivity index (χ2v) is 2.48. The lowest BCUT2D eigenvalue weighted by molar-refractivity contribution is 1.15. The molecule has 0 amide bonds. The summed E-state index contributed by atoms with van der Waals surface area (Å²) in [7, 11) is 0. The van der Waals surface area contributed by atoms with Gasteiger partial charge in [-0.05, 0) is 18.4 Å². The monoisotopic (exact) mass is 179 g/mol. The molecule has 0 spiro atoms. The van der Waals surface area contributed by atoms with Crippen molar-refractivity contribution >= 4 is 23.1 Å². The molecule has 3 N–H and O–H groups in total. The third kappa shape index (κ3) is 3.11. The van der Waals surface area contributed by atoms with Gasteiger partial charge < -0.3 is 5.73 Å². The molecule has 0 saturated heterocycles. The molecule has 0 atom stereocenters. The average Bonchev–Trinajstić information content (AvgIpc) is 2.06. The number of nitrogens with one attached hydrogen (secondary N) is 1. The third-order valence-electron chi connectivity index (χ3n) is 1.24. The number of nitrogens with two attached hydrogens (primary N) is 1. The summed E-state index contributed by atoms with van der Waals surface area (Å²) in [6.07, 6.45) is 2.08. The van der Waals surface area contributed by atoms with Crippen LogP contribution in [0.1, 0.15) is 13.3 Å². The molecular formula is C8H9N3S. The van der Waals surface area contributed by atoms with Crippen LogP contribution in [0, 0.1) is 16.7 Å². The maximum atomic E-state index is 8.55. The molecule has 0 aromatic heterocycles. The normalized spacial score (nSPS) is 9.83. The first-order valence-electron chi connectivity index (χ1n) is 3.35. The molecule has 0 fully saturated rings. The fraction of sp³-hybridized carbons (Fsp3) is 0.250. The summed E-state index contributed by atoms with van der Waals surface area (Å²) in [6, 6.07) is 1.97. The Balaban J connectivity index is 4.85. The molecule has 0 unspecified atom stereocenters. The number of allylic oxidation sites excluding steroid dienone is 1. The van der Waals surface area contributed by atoms with E-state index in [1.807, 2.05) is 13.0 Å². The number of thiocarbonyl (C=S) groups is 1. The molecule has 0 aliphatic carbocycles. The van der Waals surface area contributed by atoms with Gasteiger partial charge in [-0.3, -0.25) is 5.41 Å². The fourth-order valence-corrected chi connectivity index (χ4v) is 0.666. The lowest BCUT2D eigenvalue weighted by atomic mass is 10.1. The number of hydrogen-bond acceptors (Lipinski definition) is 3. The Morgan fingerprint density at radius 1 is 1.75 bits per heavy atom. The van der Waals surface area contributed by atoms with Crippen molar-refractivity contribution in [3.05, 3.63) is 17.2 Å². The molecule has 0 aliphatic rings. The summed E-state index contributed by atoms with van der Waals surface area (Å²) in [5, 5.41) is 15.4. The SMILES string of the molecule is CC/C(C#N)=C/C(=C=N)C(N)=S. The Bertz CT molecular complexity index is 303. The van der Waals surface area contributed by atoms with E-state index >= 15 is 0 Å². The Kier molecular flexibility index (Phi) is 4.62. The van der Waals surface area contributed by atoms with Crippen molar-refractivity contribution in [2.75, 3.05) is 0 Å². The minimum Gasteiger partial charge on any atom is -0.389 e. The van der Waals surface area contributed by atoms with Gasteiger partial charge in [0.2, 0.25) is 0 Å². The predicted molar refractivity (Wildman–Crippen MR) is 52.0 cm³/mol. The highest BCUT2D eigenvalue weighted by molar-refractivity contribution is 7.80. The van der Waals surface area contributed by atoms with E-state index in [2.05, 4.69) is 18.1 Å². The zero-order valence-electron chi connectivity index (χ0n) is 6.72. The highest BCUT2D eigenvalue weighted by Crippen LogP contribution is 2.03. The van der Waals surface area contributed by atoms with Gasteiger partial charge in [-0.1, -0.05) is 19.1 Å². The fourth-order valence-electron chi connectivity index (χ4n) is 0.556. The molecule has 0 aromatic carbocycles. The number of nitrogens with zero attached hydrogens (tertiary/aromatic N) is 1. The number of hydrogen-bond donors (Lipinski definition) is 2. The van der Waals surface area contributed by atoms with Crippen LogP contribution in [0.15, 0.2) is 17.2 Å². The van der Waals surface area contributed by atoms with Crippen LogP contribution < -0.4 is 5.73 Å². The molecule has 62 valence electrons. The molecule has 0 radical (unpaired) electrons. The van der Waals surface area contributed by atoms with Crippen molar-refractivity contribution < 1.29 is 0 Å². The largest absolute Gasteiger partial charge is 0.389 e. The van der Waals surface area contributed by atoms with E-state index in [9.17, 15) is 0 Å². The molecule has 0 bridgehead atoms. The van der Waals surface area contributed by atoms with E-state index in [1.54, 1.807) is 0 Å². The van der Waals surface area contributed by atoms with Crippen LogP contribution in [0.5, 0.6) is 0 Å². The average molecular weight is 179 g/mol. The first kappa shape index (κ1) is 10.6. The maximum absolute atomic E-state index is 8.55. The number of nitriles is 1. The summed E-state index contributed by atoms with van der Waals surface area (Å²) >= 11 is 4.63. The first-order valence-corrected chi connectivity index (χ1v) is 3.76. The van der Waals surface area contributed by atoms with Gasteiger partial charge in [0, 0.05) is 5.57 Å². The van der Waals surface area contributed by atoms with E-state index in [4.69, 9.17) is 16.4 Å². The van der Waals surface area contributed by atoms with Gasteiger partial charge in [0.1, 0.15) is 4.99 Å². The molecule has 4 heteroatoms. The molecule has 0 rings (SSSR count). The Hall–Kier alpha value is -1.43. The van der Waals surface area contributed by atoms with Crippen molar-refractivity contribution in [2.45, 2.75) is 13.3 Å². The summed E-state index contributed by atoms with van der Waals surface area (Å²) < 4.78 is 0. The molecule has 3 nitrogen and oxygen atoms in total. The Morgan fingerprint density at radius 2 is 2.33 bits per heavy atom. The van der Waals surface area contributed by atoms with E-state index < -0.39 is 0 Å². The summed E-state index contributed by atoms with van der Waals surface area (Å²) in [5.41, 5.74) is 6.10. The van der Waals surface area contributed by atoms with Crippen LogP contribution in [0.25, 0.3) is 0 Å². The number of rotatable bonds is 3. The highest BCUT2D eigenvalue weighted by atomic mass is 32.1. The highest BCUT2D eigenvalue weighted by Gasteiger charge is 1.98. The topological polar surface area (TPSA) is 73.7 Å². The standard InChI is InChI=1S/C8H9N3S/c1-2-6(4-9)3-7(5-10)8(11)12/h3,10H,2H2,1H3,(H2,11,12)/b6-3-. The summed E-state index contributed by atoms with van der Waals surface area (Å²) in [6.45, 7) is 1.84. The van der Waals surface area contributed by atoms with Crippen LogP contribution in [0.4, 0.5) is 0 Å². The van der Waals surface area contributed by atoms with Crippen molar-refractivity contribution in [3.8, 4) is 6.07 Å². The van der Waals surface area contributed by atoms with Gasteiger partial charge in [-0.2, -0.15) is 5.26 Å². The predicted octanol–water partition coefficient (Wildman–Crippen LogP) is 1.31. The minimum atomic E-state index is 0.0891. The van der Waals surface area contributed by atoms with E-state index in [0.29, 0.717) is 17.6 Å². The first-order chi connectivity index (χ1) is 5.65. The van der Waals surface area contributed by atoms with Crippen molar-refractivity contribution in [1.29, 1.82) is 10.7 Å². The van der Waals surface area contributed by atoms with Gasteiger partial charge in [-0.15, -0.1) is 0 Å². The van der Waals surface area contributed by atoms with Crippen LogP contribution in [-0.4, -0.2) is 10.9 Å². The molecule has 12 heavy (non-hydrogen) atoms. The van der Waals surface area contributed by atoms with Crippen LogP contribution in [-0.2, 0) is 0 Å². The molecule has 0 aliphatic heterocycles. The second kappa shape index (κ2) is 5.25. The Morgan fingerprint density at radius 3 is 2.58 bits per heavy atom. The van der Waals surface area contributed by atoms with Crippen molar-refractivity contribution in [3.63, 3.8) is 0 Å². The maximum Gasteiger partial charge on any atom is 0.113 e. The molecule has 0 aromatic rings. The molecule has 0 heterocycles. The second-order valence-electron chi connectivity index (χ2n) is 2.04. The van der Waals surface area contributed by atoms with Crippen molar-refractivity contribution in [1.82, 2.24) is 0 Å². The van der Waals surface area contributed by atoms with Gasteiger partial charge in [0.05, 0.1) is 11.6 Å². The zero-order chi connectivity index (χ0) is 9.56. The summed E-state index contributed by atoms with van der Waals surface area (Å²) in [5.74, 6) is 2.07. The van der Waals surface area contributed by atoms with E-state index in [-0.39, 0.29) is 4.99 Å². The lowest BCUT2D eigenvalue weighted by Crippen LogP contribution is -2.10. The van der Waals surface area contributed by atoms with E-state index in [0.717, 1.165) is 0 Å². The van der Waals surface area contributed by atoms with Crippen LogP contribution in [0.3, 0.4) is 0 Å². The summed E-state index contributed by atoms with van der Waals surface area (Å²) in [4.78, 5) is 0.0891. The smallest absolute Gasteiger partial charge is 0.113 e. The molecular weight excluding hydrogens is 170 g/mol. The van der Waals surface area contributed by atoms with Gasteiger partial charge >= 0.3 is 0 Å². The van der Waals surface area contributed by atoms with Crippen LogP contribution >= 0.6 is 12.2 Å².